The summed E-state index contributed by atoms with van der Waals surface area (Å²) >= 11 is 5.33. The molecule has 0 bridgehead atoms. The first-order valence-corrected chi connectivity index (χ1v) is 8.40. The number of rotatable bonds is 5. The Morgan fingerprint density at radius 3 is 2.80 bits per heavy atom. The molecule has 104 valence electrons. The summed E-state index contributed by atoms with van der Waals surface area (Å²) in [6.45, 7) is 5.00. The second-order valence-electron chi connectivity index (χ2n) is 4.79. The molecule has 3 rings (SSSR count). The van der Waals surface area contributed by atoms with Crippen molar-refractivity contribution >= 4 is 38.2 Å². The predicted molar refractivity (Wildman–Crippen MR) is 90.4 cm³/mol. The molecule has 0 saturated heterocycles. The van der Waals surface area contributed by atoms with Crippen molar-refractivity contribution in [3.63, 3.8) is 0 Å². The number of aromatic nitrogens is 1. The molecule has 1 aromatic carbocycles. The Hall–Kier alpha value is -1.10. The molecule has 0 atom stereocenters. The zero-order valence-electron chi connectivity index (χ0n) is 11.4. The second-order valence-corrected chi connectivity index (χ2v) is 7.33. The van der Waals surface area contributed by atoms with Gasteiger partial charge in [-0.05, 0) is 46.2 Å². The van der Waals surface area contributed by atoms with Gasteiger partial charge in [0.2, 0.25) is 0 Å². The van der Waals surface area contributed by atoms with Gasteiger partial charge in [0.1, 0.15) is 0 Å². The van der Waals surface area contributed by atoms with Crippen molar-refractivity contribution in [3.8, 4) is 0 Å². The molecule has 2 nitrogen and oxygen atoms in total. The van der Waals surface area contributed by atoms with Gasteiger partial charge in [0, 0.05) is 28.5 Å². The molecule has 0 saturated carbocycles. The molecule has 0 amide bonds. The van der Waals surface area contributed by atoms with Crippen LogP contribution in [0.15, 0.2) is 46.4 Å². The van der Waals surface area contributed by atoms with E-state index in [2.05, 4.69) is 75.3 Å². The molecule has 20 heavy (non-hydrogen) atoms. The third-order valence-electron chi connectivity index (χ3n) is 3.39. The zero-order valence-corrected chi connectivity index (χ0v) is 13.8. The number of fused-ring (bicyclic) bond motifs is 1. The molecule has 0 aliphatic heterocycles. The molecule has 2 heterocycles. The lowest BCUT2D eigenvalue weighted by Crippen LogP contribution is -2.11. The number of para-hydroxylation sites is 1. The Morgan fingerprint density at radius 2 is 2.05 bits per heavy atom. The van der Waals surface area contributed by atoms with Crippen LogP contribution in [0.4, 0.5) is 0 Å². The van der Waals surface area contributed by atoms with Crippen LogP contribution in [0.5, 0.6) is 0 Å². The van der Waals surface area contributed by atoms with E-state index in [0.29, 0.717) is 0 Å². The van der Waals surface area contributed by atoms with E-state index in [1.807, 2.05) is 0 Å². The van der Waals surface area contributed by atoms with Crippen LogP contribution in [0, 0.1) is 0 Å². The maximum atomic E-state index is 3.53. The van der Waals surface area contributed by atoms with E-state index in [4.69, 9.17) is 0 Å². The van der Waals surface area contributed by atoms with Crippen LogP contribution in [0.3, 0.4) is 0 Å². The van der Waals surface area contributed by atoms with Crippen LogP contribution in [0.25, 0.3) is 10.9 Å². The summed E-state index contributed by atoms with van der Waals surface area (Å²) in [5.74, 6) is 0. The highest BCUT2D eigenvalue weighted by Gasteiger charge is 2.08. The van der Waals surface area contributed by atoms with E-state index >= 15 is 0 Å². The van der Waals surface area contributed by atoms with E-state index in [1.165, 1.54) is 25.1 Å². The van der Waals surface area contributed by atoms with Crippen LogP contribution in [-0.2, 0) is 13.1 Å². The first kappa shape index (κ1) is 13.9. The number of halogens is 1. The topological polar surface area (TPSA) is 17.0 Å². The standard InChI is InChI=1S/C16H17BrN2S/c1-2-18-9-12-10-19(11-13-7-8-16(17)20-13)15-6-4-3-5-14(12)15/h3-8,10,18H,2,9,11H2,1H3. The van der Waals surface area contributed by atoms with Crippen LogP contribution < -0.4 is 5.32 Å². The lowest BCUT2D eigenvalue weighted by Gasteiger charge is -2.02. The Kier molecular flexibility index (Phi) is 4.24. The van der Waals surface area contributed by atoms with Gasteiger partial charge in [-0.1, -0.05) is 25.1 Å². The molecule has 3 aromatic rings. The quantitative estimate of drug-likeness (QED) is 0.711. The Labute approximate surface area is 131 Å². The Balaban J connectivity index is 1.97. The van der Waals surface area contributed by atoms with E-state index in [-0.39, 0.29) is 0 Å². The van der Waals surface area contributed by atoms with Crippen molar-refractivity contribution < 1.29 is 0 Å². The lowest BCUT2D eigenvalue weighted by atomic mass is 10.2. The molecule has 1 N–H and O–H groups in total. The molecular formula is C16H17BrN2S. The van der Waals surface area contributed by atoms with Crippen molar-refractivity contribution in [1.29, 1.82) is 0 Å². The number of benzene rings is 1. The third-order valence-corrected chi connectivity index (χ3v) is 5.00. The third kappa shape index (κ3) is 2.82. The van der Waals surface area contributed by atoms with Crippen molar-refractivity contribution in [2.24, 2.45) is 0 Å². The molecule has 2 aromatic heterocycles. The van der Waals surface area contributed by atoms with Gasteiger partial charge in [-0.25, -0.2) is 0 Å². The normalized spacial score (nSPS) is 11.3. The highest BCUT2D eigenvalue weighted by Crippen LogP contribution is 2.26. The molecular weight excluding hydrogens is 332 g/mol. The summed E-state index contributed by atoms with van der Waals surface area (Å²) < 4.78 is 3.54. The maximum Gasteiger partial charge on any atom is 0.0702 e. The number of nitrogens with one attached hydrogen (secondary N) is 1. The molecule has 4 heteroatoms. The molecule has 0 spiro atoms. The molecule has 0 unspecified atom stereocenters. The summed E-state index contributed by atoms with van der Waals surface area (Å²) in [4.78, 5) is 1.37. The maximum absolute atomic E-state index is 3.53. The van der Waals surface area contributed by atoms with Gasteiger partial charge in [-0.2, -0.15) is 0 Å². The van der Waals surface area contributed by atoms with Crippen LogP contribution in [0.2, 0.25) is 0 Å². The molecule has 0 radical (unpaired) electrons. The van der Waals surface area contributed by atoms with Gasteiger partial charge in [0.25, 0.3) is 0 Å². The van der Waals surface area contributed by atoms with Crippen LogP contribution in [-0.4, -0.2) is 11.1 Å². The number of nitrogens with zero attached hydrogens (tertiary/aromatic N) is 1. The number of hydrogen-bond acceptors (Lipinski definition) is 2. The van der Waals surface area contributed by atoms with E-state index in [1.54, 1.807) is 11.3 Å². The summed E-state index contributed by atoms with van der Waals surface area (Å²) in [7, 11) is 0. The summed E-state index contributed by atoms with van der Waals surface area (Å²) in [6.07, 6.45) is 2.28. The van der Waals surface area contributed by atoms with Gasteiger partial charge >= 0.3 is 0 Å². The largest absolute Gasteiger partial charge is 0.342 e. The predicted octanol–water partition coefficient (Wildman–Crippen LogP) is 4.62. The lowest BCUT2D eigenvalue weighted by molar-refractivity contribution is 0.725. The molecule has 0 fully saturated rings. The fourth-order valence-corrected chi connectivity index (χ4v) is 3.94. The van der Waals surface area contributed by atoms with Crippen molar-refractivity contribution in [2.75, 3.05) is 6.54 Å². The van der Waals surface area contributed by atoms with E-state index in [9.17, 15) is 0 Å². The first-order chi connectivity index (χ1) is 9.78. The fourth-order valence-electron chi connectivity index (χ4n) is 2.46. The minimum Gasteiger partial charge on any atom is -0.342 e. The summed E-state index contributed by atoms with van der Waals surface area (Å²) in [6, 6.07) is 12.9. The molecule has 0 aliphatic rings. The van der Waals surface area contributed by atoms with Gasteiger partial charge < -0.3 is 9.88 Å². The number of thiophene rings is 1. The highest BCUT2D eigenvalue weighted by molar-refractivity contribution is 9.11. The van der Waals surface area contributed by atoms with Gasteiger partial charge in [0.05, 0.1) is 10.3 Å². The highest BCUT2D eigenvalue weighted by atomic mass is 79.9. The first-order valence-electron chi connectivity index (χ1n) is 6.79. The smallest absolute Gasteiger partial charge is 0.0702 e. The minimum atomic E-state index is 0.929. The van der Waals surface area contributed by atoms with Gasteiger partial charge in [-0.15, -0.1) is 11.3 Å². The van der Waals surface area contributed by atoms with Crippen molar-refractivity contribution in [2.45, 2.75) is 20.0 Å². The summed E-state index contributed by atoms with van der Waals surface area (Å²) in [5, 5.41) is 4.77. The monoisotopic (exact) mass is 348 g/mol. The van der Waals surface area contributed by atoms with Crippen molar-refractivity contribution in [3.05, 3.63) is 56.8 Å². The van der Waals surface area contributed by atoms with Crippen LogP contribution >= 0.6 is 27.3 Å². The SMILES string of the molecule is CCNCc1cn(Cc2ccc(Br)s2)c2ccccc12. The summed E-state index contributed by atoms with van der Waals surface area (Å²) in [5.41, 5.74) is 2.68. The van der Waals surface area contributed by atoms with E-state index < -0.39 is 0 Å². The van der Waals surface area contributed by atoms with Gasteiger partial charge in [0.15, 0.2) is 0 Å². The average Bonchev–Trinajstić information content (AvgIpc) is 3.02. The Bertz CT molecular complexity index is 714. The zero-order chi connectivity index (χ0) is 13.9. The van der Waals surface area contributed by atoms with Crippen molar-refractivity contribution in [1.82, 2.24) is 9.88 Å². The Morgan fingerprint density at radius 1 is 1.20 bits per heavy atom. The molecule has 0 aliphatic carbocycles. The second kappa shape index (κ2) is 6.12. The van der Waals surface area contributed by atoms with E-state index in [0.717, 1.165) is 19.6 Å². The van der Waals surface area contributed by atoms with Crippen LogP contribution in [0.1, 0.15) is 17.4 Å². The van der Waals surface area contributed by atoms with Gasteiger partial charge in [-0.3, -0.25) is 0 Å². The average molecular weight is 349 g/mol. The fraction of sp³-hybridized carbons (Fsp3) is 0.250. The number of hydrogen-bond donors (Lipinski definition) is 1. The minimum absolute atomic E-state index is 0.929.